The normalized spacial score (nSPS) is 17.0. The van der Waals surface area contributed by atoms with E-state index in [-0.39, 0.29) is 5.91 Å². The molecule has 13 heavy (non-hydrogen) atoms. The van der Waals surface area contributed by atoms with E-state index >= 15 is 0 Å². The quantitative estimate of drug-likeness (QED) is 0.757. The van der Waals surface area contributed by atoms with E-state index in [1.54, 1.807) is 6.20 Å². The van der Waals surface area contributed by atoms with Gasteiger partial charge in [0.2, 0.25) is 5.91 Å². The van der Waals surface area contributed by atoms with Crippen LogP contribution in [0.4, 0.5) is 0 Å². The molecule has 1 aromatic heterocycles. The first-order valence-electron chi connectivity index (χ1n) is 4.14. The molecule has 0 aliphatic carbocycles. The summed E-state index contributed by atoms with van der Waals surface area (Å²) in [6, 6.07) is 0. The van der Waals surface area contributed by atoms with Crippen molar-refractivity contribution >= 4 is 28.8 Å². The highest BCUT2D eigenvalue weighted by molar-refractivity contribution is 7.15. The average Bonchev–Trinajstić information content (AvgIpc) is 2.64. The predicted molar refractivity (Wildman–Crippen MR) is 51.8 cm³/mol. The Morgan fingerprint density at radius 2 is 2.54 bits per heavy atom. The van der Waals surface area contributed by atoms with Crippen LogP contribution in [0.1, 0.15) is 17.7 Å². The molecule has 1 aliphatic heterocycles. The summed E-state index contributed by atoms with van der Waals surface area (Å²) in [7, 11) is 0. The largest absolute Gasteiger partial charge is 0.337 e. The minimum absolute atomic E-state index is 0.240. The van der Waals surface area contributed by atoms with Crippen LogP contribution >= 0.6 is 22.9 Å². The molecule has 1 fully saturated rings. The van der Waals surface area contributed by atoms with Gasteiger partial charge < -0.3 is 4.90 Å². The molecule has 0 unspecified atom stereocenters. The van der Waals surface area contributed by atoms with E-state index in [1.807, 2.05) is 4.90 Å². The molecule has 0 radical (unpaired) electrons. The van der Waals surface area contributed by atoms with Crippen molar-refractivity contribution in [1.29, 1.82) is 0 Å². The number of nitrogens with zero attached hydrogens (tertiary/aromatic N) is 2. The molecule has 70 valence electrons. The van der Waals surface area contributed by atoms with E-state index < -0.39 is 0 Å². The molecule has 0 atom stereocenters. The lowest BCUT2D eigenvalue weighted by Crippen LogP contribution is -2.23. The van der Waals surface area contributed by atoms with Gasteiger partial charge in [-0.05, 0) is 6.42 Å². The van der Waals surface area contributed by atoms with Crippen molar-refractivity contribution in [3.63, 3.8) is 0 Å². The molecule has 2 rings (SSSR count). The molecule has 0 saturated carbocycles. The van der Waals surface area contributed by atoms with Crippen molar-refractivity contribution in [3.8, 4) is 0 Å². The molecule has 2 heterocycles. The van der Waals surface area contributed by atoms with Crippen LogP contribution in [-0.4, -0.2) is 22.3 Å². The molecule has 0 bridgehead atoms. The first-order valence-corrected chi connectivity index (χ1v) is 5.33. The lowest BCUT2D eigenvalue weighted by atomic mass is 10.4. The van der Waals surface area contributed by atoms with E-state index in [1.165, 1.54) is 11.3 Å². The second-order valence-corrected chi connectivity index (χ2v) is 4.70. The number of likely N-dealkylation sites (tertiary alicyclic amines) is 1. The maximum Gasteiger partial charge on any atom is 0.222 e. The van der Waals surface area contributed by atoms with Crippen LogP contribution in [0.3, 0.4) is 0 Å². The van der Waals surface area contributed by atoms with Gasteiger partial charge in [-0.1, -0.05) is 11.6 Å². The summed E-state index contributed by atoms with van der Waals surface area (Å²) in [6.45, 7) is 1.54. The third-order valence-electron chi connectivity index (χ3n) is 2.04. The van der Waals surface area contributed by atoms with Crippen LogP contribution in [-0.2, 0) is 11.3 Å². The van der Waals surface area contributed by atoms with Crippen LogP contribution in [0, 0.1) is 0 Å². The fraction of sp³-hybridized carbons (Fsp3) is 0.500. The van der Waals surface area contributed by atoms with E-state index in [0.29, 0.717) is 17.4 Å². The Morgan fingerprint density at radius 3 is 3.08 bits per heavy atom. The highest BCUT2D eigenvalue weighted by atomic mass is 35.5. The Morgan fingerprint density at radius 1 is 1.69 bits per heavy atom. The lowest BCUT2D eigenvalue weighted by Gasteiger charge is -2.12. The van der Waals surface area contributed by atoms with Crippen molar-refractivity contribution in [3.05, 3.63) is 15.5 Å². The molecule has 0 N–H and O–H groups in total. The van der Waals surface area contributed by atoms with Crippen LogP contribution in [0.2, 0.25) is 4.47 Å². The summed E-state index contributed by atoms with van der Waals surface area (Å²) in [5.74, 6) is 0.240. The smallest absolute Gasteiger partial charge is 0.222 e. The Bertz CT molecular complexity index is 326. The van der Waals surface area contributed by atoms with Gasteiger partial charge in [0.25, 0.3) is 0 Å². The summed E-state index contributed by atoms with van der Waals surface area (Å²) >= 11 is 7.12. The monoisotopic (exact) mass is 216 g/mol. The van der Waals surface area contributed by atoms with Gasteiger partial charge in [0.1, 0.15) is 0 Å². The highest BCUT2D eigenvalue weighted by Crippen LogP contribution is 2.21. The number of thiazole rings is 1. The van der Waals surface area contributed by atoms with Crippen LogP contribution < -0.4 is 0 Å². The molecule has 1 aromatic rings. The molecule has 3 nitrogen and oxygen atoms in total. The molecule has 5 heteroatoms. The SMILES string of the molecule is O=C1CCCN1Cc1cnc(Cl)s1. The second kappa shape index (κ2) is 3.64. The zero-order valence-electron chi connectivity index (χ0n) is 6.99. The van der Waals surface area contributed by atoms with Crippen LogP contribution in [0.15, 0.2) is 6.20 Å². The maximum absolute atomic E-state index is 11.3. The average molecular weight is 217 g/mol. The molecule has 0 spiro atoms. The molecule has 1 saturated heterocycles. The van der Waals surface area contributed by atoms with Crippen LogP contribution in [0.5, 0.6) is 0 Å². The number of hydrogen-bond acceptors (Lipinski definition) is 3. The standard InChI is InChI=1S/C8H9ClN2OS/c9-8-10-4-6(13-8)5-11-3-1-2-7(11)12/h4H,1-3,5H2. The molecule has 1 aliphatic rings. The van der Waals surface area contributed by atoms with Gasteiger partial charge in [0, 0.05) is 24.0 Å². The van der Waals surface area contributed by atoms with Gasteiger partial charge in [-0.2, -0.15) is 0 Å². The lowest BCUT2D eigenvalue weighted by molar-refractivity contribution is -0.128. The van der Waals surface area contributed by atoms with Gasteiger partial charge in [0.15, 0.2) is 4.47 Å². The fourth-order valence-corrected chi connectivity index (χ4v) is 2.41. The number of aromatic nitrogens is 1. The number of halogens is 1. The van der Waals surface area contributed by atoms with Crippen LogP contribution in [0.25, 0.3) is 0 Å². The summed E-state index contributed by atoms with van der Waals surface area (Å²) in [5, 5.41) is 0. The van der Waals surface area contributed by atoms with Gasteiger partial charge >= 0.3 is 0 Å². The topological polar surface area (TPSA) is 33.2 Å². The van der Waals surface area contributed by atoms with Crippen molar-refractivity contribution in [2.24, 2.45) is 0 Å². The van der Waals surface area contributed by atoms with Gasteiger partial charge in [-0.15, -0.1) is 11.3 Å². The van der Waals surface area contributed by atoms with Crippen molar-refractivity contribution < 1.29 is 4.79 Å². The Kier molecular flexibility index (Phi) is 2.51. The summed E-state index contributed by atoms with van der Waals surface area (Å²) in [5.41, 5.74) is 0. The number of carbonyl (C=O) groups excluding carboxylic acids is 1. The van der Waals surface area contributed by atoms with Gasteiger partial charge in [-0.25, -0.2) is 4.98 Å². The van der Waals surface area contributed by atoms with E-state index in [9.17, 15) is 4.79 Å². The summed E-state index contributed by atoms with van der Waals surface area (Å²) in [6.07, 6.45) is 3.40. The number of rotatable bonds is 2. The summed E-state index contributed by atoms with van der Waals surface area (Å²) < 4.78 is 0.543. The molecular weight excluding hydrogens is 208 g/mol. The van der Waals surface area contributed by atoms with E-state index in [4.69, 9.17) is 11.6 Å². The van der Waals surface area contributed by atoms with Gasteiger partial charge in [0.05, 0.1) is 6.54 Å². The molecular formula is C8H9ClN2OS. The van der Waals surface area contributed by atoms with Crippen molar-refractivity contribution in [2.75, 3.05) is 6.54 Å². The Labute approximate surface area is 85.3 Å². The maximum atomic E-state index is 11.3. The number of hydrogen-bond donors (Lipinski definition) is 0. The predicted octanol–water partition coefficient (Wildman–Crippen LogP) is 1.92. The van der Waals surface area contributed by atoms with E-state index in [0.717, 1.165) is 17.8 Å². The molecule has 1 amide bonds. The number of amides is 1. The minimum Gasteiger partial charge on any atom is -0.337 e. The first kappa shape index (κ1) is 8.97. The third kappa shape index (κ3) is 2.00. The minimum atomic E-state index is 0.240. The Hall–Kier alpha value is -0.610. The van der Waals surface area contributed by atoms with Crippen molar-refractivity contribution in [2.45, 2.75) is 19.4 Å². The highest BCUT2D eigenvalue weighted by Gasteiger charge is 2.20. The van der Waals surface area contributed by atoms with E-state index in [2.05, 4.69) is 4.98 Å². The summed E-state index contributed by atoms with van der Waals surface area (Å²) in [4.78, 5) is 18.1. The first-order chi connectivity index (χ1) is 6.25. The molecule has 0 aromatic carbocycles. The van der Waals surface area contributed by atoms with Gasteiger partial charge in [-0.3, -0.25) is 4.79 Å². The fourth-order valence-electron chi connectivity index (χ4n) is 1.42. The zero-order valence-corrected chi connectivity index (χ0v) is 8.57. The van der Waals surface area contributed by atoms with Crippen molar-refractivity contribution in [1.82, 2.24) is 9.88 Å². The second-order valence-electron chi connectivity index (χ2n) is 3.00. The third-order valence-corrected chi connectivity index (χ3v) is 3.14. The zero-order chi connectivity index (χ0) is 9.26. The Balaban J connectivity index is 2.01. The number of carbonyl (C=O) groups is 1.